The maximum Gasteiger partial charge on any atom is 0.268 e. The van der Waals surface area contributed by atoms with Crippen LogP contribution < -0.4 is 11.1 Å². The van der Waals surface area contributed by atoms with E-state index in [0.717, 1.165) is 31.2 Å². The average molecular weight is 293 g/mol. The second-order valence-electron chi connectivity index (χ2n) is 5.40. The summed E-state index contributed by atoms with van der Waals surface area (Å²) in [5.74, 6) is 0.555. The fourth-order valence-electron chi connectivity index (χ4n) is 3.38. The van der Waals surface area contributed by atoms with Gasteiger partial charge in [0.25, 0.3) is 5.91 Å². The molecule has 1 aliphatic heterocycles. The molecule has 0 bridgehead atoms. The predicted molar refractivity (Wildman–Crippen MR) is 80.4 cm³/mol. The topological polar surface area (TPSA) is 72.4 Å². The number of rotatable bonds is 2. The molecule has 1 saturated carbocycles. The lowest BCUT2D eigenvalue weighted by molar-refractivity contribution is 0.0874. The molecule has 1 amide bonds. The van der Waals surface area contributed by atoms with Gasteiger partial charge >= 0.3 is 0 Å². The number of nitrogens with one attached hydrogen (secondary N) is 1. The van der Waals surface area contributed by atoms with Crippen molar-refractivity contribution in [1.82, 2.24) is 9.88 Å². The van der Waals surface area contributed by atoms with E-state index in [-0.39, 0.29) is 16.7 Å². The van der Waals surface area contributed by atoms with Crippen LogP contribution in [0.4, 0.5) is 5.82 Å². The number of halogens is 1. The fourth-order valence-corrected chi connectivity index (χ4v) is 3.46. The van der Waals surface area contributed by atoms with Crippen LogP contribution in [0.15, 0.2) is 17.6 Å². The van der Waals surface area contributed by atoms with E-state index in [1.807, 2.05) is 4.57 Å². The highest BCUT2D eigenvalue weighted by atomic mass is 35.5. The summed E-state index contributed by atoms with van der Waals surface area (Å²) in [5, 5.41) is 2.95. The number of hydrogen-bond acceptors (Lipinski definition) is 2. The molecule has 1 aromatic rings. The molecule has 1 spiro atoms. The number of fused-ring (bicyclic) bond motifs is 2. The van der Waals surface area contributed by atoms with Crippen LogP contribution in [-0.4, -0.2) is 22.3 Å². The Hall–Kier alpha value is -1.75. The highest BCUT2D eigenvalue weighted by molar-refractivity contribution is 6.64. The van der Waals surface area contributed by atoms with Crippen molar-refractivity contribution in [3.63, 3.8) is 0 Å². The van der Waals surface area contributed by atoms with Gasteiger partial charge in [0, 0.05) is 12.1 Å². The van der Waals surface area contributed by atoms with E-state index in [0.29, 0.717) is 18.1 Å². The number of hydrogen-bond donors (Lipinski definition) is 2. The molecule has 1 aromatic heterocycles. The summed E-state index contributed by atoms with van der Waals surface area (Å²) in [4.78, 5) is 16.3. The third-order valence-electron chi connectivity index (χ3n) is 4.25. The first-order valence-electron chi connectivity index (χ1n) is 6.74. The zero-order valence-corrected chi connectivity index (χ0v) is 11.9. The predicted octanol–water partition coefficient (Wildman–Crippen LogP) is 2.33. The smallest absolute Gasteiger partial charge is 0.268 e. The van der Waals surface area contributed by atoms with Crippen LogP contribution in [0.2, 0.25) is 0 Å². The van der Waals surface area contributed by atoms with Crippen molar-refractivity contribution >= 4 is 34.7 Å². The van der Waals surface area contributed by atoms with Crippen LogP contribution in [0.25, 0.3) is 6.08 Å². The zero-order valence-electron chi connectivity index (χ0n) is 11.2. The molecule has 3 rings (SSSR count). The number of amidine groups is 1. The molecule has 0 radical (unpaired) electrons. The standard InChI is InChI=1S/C14H17ClN4O/c1-2-9-7-10-12(20)17-8-14(5-3-4-6-14)19(10)11(9)18-13(15)16/h2,7H,1,3-6,8H2,(H2,16,18)(H,17,20). The van der Waals surface area contributed by atoms with Crippen molar-refractivity contribution < 1.29 is 4.79 Å². The summed E-state index contributed by atoms with van der Waals surface area (Å²) in [6.07, 6.45) is 6.03. The van der Waals surface area contributed by atoms with E-state index < -0.39 is 0 Å². The van der Waals surface area contributed by atoms with Crippen molar-refractivity contribution in [1.29, 1.82) is 0 Å². The van der Waals surface area contributed by atoms with E-state index in [9.17, 15) is 4.79 Å². The van der Waals surface area contributed by atoms with Gasteiger partial charge in [-0.1, -0.05) is 25.5 Å². The number of aliphatic imine (C=N–C) groups is 1. The van der Waals surface area contributed by atoms with Crippen molar-refractivity contribution in [3.05, 3.63) is 23.9 Å². The Kier molecular flexibility index (Phi) is 3.09. The molecule has 20 heavy (non-hydrogen) atoms. The van der Waals surface area contributed by atoms with Crippen molar-refractivity contribution in [2.75, 3.05) is 6.54 Å². The van der Waals surface area contributed by atoms with Gasteiger partial charge in [0.15, 0.2) is 5.29 Å². The minimum absolute atomic E-state index is 0.0341. The van der Waals surface area contributed by atoms with Gasteiger partial charge in [-0.25, -0.2) is 4.99 Å². The summed E-state index contributed by atoms with van der Waals surface area (Å²) < 4.78 is 2.02. The lowest BCUT2D eigenvalue weighted by Gasteiger charge is -2.37. The van der Waals surface area contributed by atoms with Crippen LogP contribution in [0, 0.1) is 0 Å². The summed E-state index contributed by atoms with van der Waals surface area (Å²) in [5.41, 5.74) is 6.83. The number of nitrogens with zero attached hydrogens (tertiary/aromatic N) is 2. The Morgan fingerprint density at radius 2 is 2.25 bits per heavy atom. The Balaban J connectivity index is 2.27. The maximum atomic E-state index is 12.1. The summed E-state index contributed by atoms with van der Waals surface area (Å²) >= 11 is 5.75. The van der Waals surface area contributed by atoms with Gasteiger partial charge in [0.1, 0.15) is 11.5 Å². The Morgan fingerprint density at radius 3 is 2.85 bits per heavy atom. The highest BCUT2D eigenvalue weighted by Gasteiger charge is 2.43. The van der Waals surface area contributed by atoms with E-state index >= 15 is 0 Å². The third-order valence-corrected chi connectivity index (χ3v) is 4.34. The minimum atomic E-state index is -0.102. The number of aromatic nitrogens is 1. The Labute approximate surface area is 122 Å². The number of carbonyl (C=O) groups excluding carboxylic acids is 1. The molecule has 0 aromatic carbocycles. The zero-order chi connectivity index (χ0) is 14.3. The normalized spacial score (nSPS) is 20.9. The lowest BCUT2D eigenvalue weighted by atomic mass is 9.94. The van der Waals surface area contributed by atoms with Gasteiger partial charge < -0.3 is 15.6 Å². The van der Waals surface area contributed by atoms with Gasteiger partial charge in [-0.05, 0) is 30.5 Å². The molecule has 0 saturated heterocycles. The highest BCUT2D eigenvalue weighted by Crippen LogP contribution is 2.44. The maximum absolute atomic E-state index is 12.1. The number of nitrogens with two attached hydrogens (primary N) is 1. The molecule has 3 N–H and O–H groups in total. The molecular formula is C14H17ClN4O. The summed E-state index contributed by atoms with van der Waals surface area (Å²) in [6.45, 7) is 4.42. The summed E-state index contributed by atoms with van der Waals surface area (Å²) in [7, 11) is 0. The van der Waals surface area contributed by atoms with E-state index in [4.69, 9.17) is 17.3 Å². The first-order valence-corrected chi connectivity index (χ1v) is 7.12. The molecule has 2 aliphatic rings. The number of amides is 1. The second-order valence-corrected chi connectivity index (χ2v) is 5.78. The minimum Gasteiger partial charge on any atom is -0.374 e. The van der Waals surface area contributed by atoms with Gasteiger partial charge in [0.05, 0.1) is 5.54 Å². The molecule has 106 valence electrons. The van der Waals surface area contributed by atoms with Crippen LogP contribution in [0.3, 0.4) is 0 Å². The quantitative estimate of drug-likeness (QED) is 0.499. The van der Waals surface area contributed by atoms with Crippen LogP contribution >= 0.6 is 11.6 Å². The van der Waals surface area contributed by atoms with Crippen molar-refractivity contribution in [3.8, 4) is 0 Å². The molecule has 1 fully saturated rings. The Morgan fingerprint density at radius 1 is 1.55 bits per heavy atom. The first-order chi connectivity index (χ1) is 9.57. The third kappa shape index (κ3) is 1.85. The SMILES string of the molecule is C=Cc1cc2n(c1/N=C(\N)Cl)C1(CCCC1)CNC2=O. The average Bonchev–Trinajstić information content (AvgIpc) is 3.00. The van der Waals surface area contributed by atoms with E-state index in [2.05, 4.69) is 16.9 Å². The van der Waals surface area contributed by atoms with Gasteiger partial charge in [-0.3, -0.25) is 4.79 Å². The fraction of sp³-hybridized carbons (Fsp3) is 0.429. The monoisotopic (exact) mass is 292 g/mol. The second kappa shape index (κ2) is 4.66. The van der Waals surface area contributed by atoms with Crippen molar-refractivity contribution in [2.24, 2.45) is 10.7 Å². The molecule has 0 atom stereocenters. The first kappa shape index (κ1) is 13.2. The van der Waals surface area contributed by atoms with Crippen molar-refractivity contribution in [2.45, 2.75) is 31.2 Å². The van der Waals surface area contributed by atoms with Crippen LogP contribution in [0.1, 0.15) is 41.7 Å². The largest absolute Gasteiger partial charge is 0.374 e. The lowest BCUT2D eigenvalue weighted by Crippen LogP contribution is -2.49. The van der Waals surface area contributed by atoms with Gasteiger partial charge in [-0.2, -0.15) is 0 Å². The van der Waals surface area contributed by atoms with Gasteiger partial charge in [-0.15, -0.1) is 0 Å². The molecular weight excluding hydrogens is 276 g/mol. The molecule has 5 nitrogen and oxygen atoms in total. The molecule has 6 heteroatoms. The van der Waals surface area contributed by atoms with Crippen LogP contribution in [0.5, 0.6) is 0 Å². The van der Waals surface area contributed by atoms with E-state index in [1.165, 1.54) is 0 Å². The van der Waals surface area contributed by atoms with E-state index in [1.54, 1.807) is 12.1 Å². The molecule has 1 aliphatic carbocycles. The molecule has 2 heterocycles. The molecule has 0 unspecified atom stereocenters. The summed E-state index contributed by atoms with van der Waals surface area (Å²) in [6, 6.07) is 1.81. The Bertz CT molecular complexity index is 607. The number of carbonyl (C=O) groups is 1. The van der Waals surface area contributed by atoms with Gasteiger partial charge in [0.2, 0.25) is 0 Å². The van der Waals surface area contributed by atoms with Crippen LogP contribution in [-0.2, 0) is 5.54 Å².